The maximum absolute atomic E-state index is 12.0. The molecule has 1 amide bonds. The van der Waals surface area contributed by atoms with E-state index in [1.165, 1.54) is 0 Å². The molecule has 0 aliphatic rings. The Morgan fingerprint density at radius 1 is 1.53 bits per heavy atom. The Hall–Kier alpha value is -0.580. The fraction of sp³-hybridized carbons (Fsp3) is 0.417. The van der Waals surface area contributed by atoms with Crippen molar-refractivity contribution in [2.45, 2.75) is 19.9 Å². The molecule has 0 aliphatic carbocycles. The van der Waals surface area contributed by atoms with Gasteiger partial charge in [0.15, 0.2) is 0 Å². The molecule has 0 spiro atoms. The van der Waals surface area contributed by atoms with E-state index in [0.29, 0.717) is 15.1 Å². The lowest BCUT2D eigenvalue weighted by molar-refractivity contribution is 0.0896. The van der Waals surface area contributed by atoms with Crippen LogP contribution < -0.4 is 5.32 Å². The Bertz CT molecular complexity index is 409. The third-order valence-corrected chi connectivity index (χ3v) is 3.42. The summed E-state index contributed by atoms with van der Waals surface area (Å²) < 4.78 is 0.680. The molecule has 1 rings (SSSR count). The summed E-state index contributed by atoms with van der Waals surface area (Å²) in [5.74, 6) is -0.0750. The van der Waals surface area contributed by atoms with Gasteiger partial charge in [-0.2, -0.15) is 0 Å². The largest absolute Gasteiger partial charge is 0.394 e. The highest BCUT2D eigenvalue weighted by Gasteiger charge is 2.17. The summed E-state index contributed by atoms with van der Waals surface area (Å²) in [5, 5.41) is 12.4. The zero-order chi connectivity index (χ0) is 13.0. The van der Waals surface area contributed by atoms with Gasteiger partial charge >= 0.3 is 0 Å². The number of carbonyl (C=O) groups excluding carboxylic acids is 1. The molecule has 2 N–H and O–H groups in total. The highest BCUT2D eigenvalue weighted by Crippen LogP contribution is 2.21. The lowest BCUT2D eigenvalue weighted by atomic mass is 10.0. The molecule has 1 aromatic rings. The van der Waals surface area contributed by atoms with Crippen LogP contribution in [0.2, 0.25) is 5.02 Å². The lowest BCUT2D eigenvalue weighted by Gasteiger charge is -2.20. The van der Waals surface area contributed by atoms with E-state index >= 15 is 0 Å². The Morgan fingerprint density at radius 3 is 2.71 bits per heavy atom. The first kappa shape index (κ1) is 14.5. The van der Waals surface area contributed by atoms with E-state index in [4.69, 9.17) is 16.7 Å². The summed E-state index contributed by atoms with van der Waals surface area (Å²) in [5.41, 5.74) is 0.469. The average Bonchev–Trinajstić information content (AvgIpc) is 2.28. The second kappa shape index (κ2) is 6.38. The lowest BCUT2D eigenvalue weighted by Crippen LogP contribution is -2.41. The number of hydrogen-bond acceptors (Lipinski definition) is 2. The van der Waals surface area contributed by atoms with Crippen molar-refractivity contribution in [3.8, 4) is 0 Å². The normalized spacial score (nSPS) is 12.6. The van der Waals surface area contributed by atoms with Gasteiger partial charge in [-0.15, -0.1) is 0 Å². The van der Waals surface area contributed by atoms with Crippen LogP contribution in [0.1, 0.15) is 24.2 Å². The fourth-order valence-corrected chi connectivity index (χ4v) is 1.94. The number of benzene rings is 1. The maximum Gasteiger partial charge on any atom is 0.252 e. The predicted octanol–water partition coefficient (Wildman–Crippen LogP) is 2.85. The van der Waals surface area contributed by atoms with E-state index in [2.05, 4.69) is 21.2 Å². The summed E-state index contributed by atoms with van der Waals surface area (Å²) in [4.78, 5) is 12.0. The Balaban J connectivity index is 2.86. The molecule has 1 aromatic carbocycles. The van der Waals surface area contributed by atoms with Crippen molar-refractivity contribution in [2.75, 3.05) is 6.61 Å². The monoisotopic (exact) mass is 319 g/mol. The molecule has 0 saturated heterocycles. The van der Waals surface area contributed by atoms with Crippen LogP contribution in [0.25, 0.3) is 0 Å². The first-order chi connectivity index (χ1) is 7.95. The number of rotatable bonds is 4. The number of halogens is 2. The quantitative estimate of drug-likeness (QED) is 0.896. The number of carbonyl (C=O) groups is 1. The standard InChI is InChI=1S/C12H15BrClNO2/c1-7(2)11(6-16)15-12(17)9-5-8(14)3-4-10(9)13/h3-5,7,11,16H,6H2,1-2H3,(H,15,17). The van der Waals surface area contributed by atoms with E-state index in [-0.39, 0.29) is 24.5 Å². The van der Waals surface area contributed by atoms with Gasteiger partial charge in [-0.05, 0) is 40.0 Å². The van der Waals surface area contributed by atoms with Crippen LogP contribution in [0.15, 0.2) is 22.7 Å². The minimum Gasteiger partial charge on any atom is -0.394 e. The number of hydrogen-bond donors (Lipinski definition) is 2. The molecular weight excluding hydrogens is 305 g/mol. The summed E-state index contributed by atoms with van der Waals surface area (Å²) in [6.45, 7) is 3.80. The molecule has 1 atom stereocenters. The molecule has 0 fully saturated rings. The zero-order valence-corrected chi connectivity index (χ0v) is 12.0. The molecule has 94 valence electrons. The van der Waals surface area contributed by atoms with E-state index in [0.717, 1.165) is 0 Å². The van der Waals surface area contributed by atoms with Crippen molar-refractivity contribution in [3.63, 3.8) is 0 Å². The number of amides is 1. The van der Waals surface area contributed by atoms with Crippen molar-refractivity contribution in [3.05, 3.63) is 33.3 Å². The van der Waals surface area contributed by atoms with Gasteiger partial charge in [0.05, 0.1) is 18.2 Å². The zero-order valence-electron chi connectivity index (χ0n) is 9.71. The van der Waals surface area contributed by atoms with Gasteiger partial charge in [0, 0.05) is 9.50 Å². The highest BCUT2D eigenvalue weighted by atomic mass is 79.9. The first-order valence-corrected chi connectivity index (χ1v) is 6.49. The minimum atomic E-state index is -0.256. The Morgan fingerprint density at radius 2 is 2.18 bits per heavy atom. The van der Waals surface area contributed by atoms with E-state index in [9.17, 15) is 4.79 Å². The van der Waals surface area contributed by atoms with Gasteiger partial charge in [-0.25, -0.2) is 0 Å². The molecule has 0 radical (unpaired) electrons. The summed E-state index contributed by atoms with van der Waals surface area (Å²) in [6.07, 6.45) is 0. The van der Waals surface area contributed by atoms with Gasteiger partial charge < -0.3 is 10.4 Å². The number of aliphatic hydroxyl groups excluding tert-OH is 1. The van der Waals surface area contributed by atoms with Crippen LogP contribution in [0.4, 0.5) is 0 Å². The van der Waals surface area contributed by atoms with Crippen LogP contribution in [0.3, 0.4) is 0 Å². The molecule has 3 nitrogen and oxygen atoms in total. The van der Waals surface area contributed by atoms with E-state index < -0.39 is 0 Å². The van der Waals surface area contributed by atoms with Crippen molar-refractivity contribution in [1.82, 2.24) is 5.32 Å². The second-order valence-corrected chi connectivity index (χ2v) is 5.42. The molecule has 1 unspecified atom stereocenters. The van der Waals surface area contributed by atoms with Crippen molar-refractivity contribution >= 4 is 33.4 Å². The van der Waals surface area contributed by atoms with Gasteiger partial charge in [-0.1, -0.05) is 25.4 Å². The van der Waals surface area contributed by atoms with Crippen molar-refractivity contribution < 1.29 is 9.90 Å². The molecule has 0 saturated carbocycles. The van der Waals surface area contributed by atoms with Crippen LogP contribution >= 0.6 is 27.5 Å². The Kier molecular flexibility index (Phi) is 5.43. The predicted molar refractivity (Wildman–Crippen MR) is 72.3 cm³/mol. The molecule has 0 bridgehead atoms. The minimum absolute atomic E-state index is 0.0818. The summed E-state index contributed by atoms with van der Waals surface area (Å²) in [7, 11) is 0. The molecule has 0 aliphatic heterocycles. The van der Waals surface area contributed by atoms with Gasteiger partial charge in [-0.3, -0.25) is 4.79 Å². The first-order valence-electron chi connectivity index (χ1n) is 5.32. The van der Waals surface area contributed by atoms with Crippen LogP contribution in [0, 0.1) is 5.92 Å². The highest BCUT2D eigenvalue weighted by molar-refractivity contribution is 9.10. The molecule has 0 heterocycles. The van der Waals surface area contributed by atoms with Gasteiger partial charge in [0.2, 0.25) is 0 Å². The van der Waals surface area contributed by atoms with Crippen LogP contribution in [-0.4, -0.2) is 23.7 Å². The van der Waals surface area contributed by atoms with E-state index in [1.54, 1.807) is 18.2 Å². The molecule has 17 heavy (non-hydrogen) atoms. The third-order valence-electron chi connectivity index (χ3n) is 2.49. The maximum atomic E-state index is 12.0. The Labute approximate surface area is 114 Å². The van der Waals surface area contributed by atoms with Crippen LogP contribution in [0.5, 0.6) is 0 Å². The van der Waals surface area contributed by atoms with Crippen LogP contribution in [-0.2, 0) is 0 Å². The summed E-state index contributed by atoms with van der Waals surface area (Å²) in [6, 6.07) is 4.76. The topological polar surface area (TPSA) is 49.3 Å². The van der Waals surface area contributed by atoms with Crippen molar-refractivity contribution in [1.29, 1.82) is 0 Å². The number of aliphatic hydroxyl groups is 1. The average molecular weight is 321 g/mol. The van der Waals surface area contributed by atoms with Gasteiger partial charge in [0.25, 0.3) is 5.91 Å². The smallest absolute Gasteiger partial charge is 0.252 e. The van der Waals surface area contributed by atoms with E-state index in [1.807, 2.05) is 13.8 Å². The third kappa shape index (κ3) is 3.98. The molecular formula is C12H15BrClNO2. The summed E-state index contributed by atoms with van der Waals surface area (Å²) >= 11 is 9.14. The number of nitrogens with one attached hydrogen (secondary N) is 1. The second-order valence-electron chi connectivity index (χ2n) is 4.13. The molecule has 0 aromatic heterocycles. The SMILES string of the molecule is CC(C)C(CO)NC(=O)c1cc(Cl)ccc1Br. The van der Waals surface area contributed by atoms with Gasteiger partial charge in [0.1, 0.15) is 0 Å². The van der Waals surface area contributed by atoms with Crippen molar-refractivity contribution in [2.24, 2.45) is 5.92 Å². The molecule has 5 heteroatoms. The fourth-order valence-electron chi connectivity index (χ4n) is 1.34.